The molecule has 34 heavy (non-hydrogen) atoms. The molecule has 0 saturated carbocycles. The zero-order valence-corrected chi connectivity index (χ0v) is 18.5. The summed E-state index contributed by atoms with van der Waals surface area (Å²) in [5, 5.41) is 2.76. The van der Waals surface area contributed by atoms with E-state index in [1.54, 1.807) is 18.5 Å². The molecule has 0 saturated heterocycles. The lowest BCUT2D eigenvalue weighted by molar-refractivity contribution is -0.137. The standard InChI is InChI=1S/C26H21F3N4O/c1-16-8-9-22(33-25(34)18-5-3-6-19(13-18)26(27,28)29)17(2)21(16)14-24-20(7-4-11-31-24)23-10-12-30-15-32-23/h3-13,15H,14H2,1-2H3,(H,33,34). The fourth-order valence-corrected chi connectivity index (χ4v) is 3.76. The largest absolute Gasteiger partial charge is 0.416 e. The third-order valence-electron chi connectivity index (χ3n) is 5.63. The van der Waals surface area contributed by atoms with E-state index in [9.17, 15) is 18.0 Å². The fraction of sp³-hybridized carbons (Fsp3) is 0.154. The van der Waals surface area contributed by atoms with Crippen LogP contribution in [0, 0.1) is 13.8 Å². The monoisotopic (exact) mass is 462 g/mol. The molecule has 4 rings (SSSR count). The van der Waals surface area contributed by atoms with Gasteiger partial charge in [-0.15, -0.1) is 0 Å². The van der Waals surface area contributed by atoms with Crippen molar-refractivity contribution in [1.82, 2.24) is 15.0 Å². The number of hydrogen-bond donors (Lipinski definition) is 1. The summed E-state index contributed by atoms with van der Waals surface area (Å²) < 4.78 is 39.1. The van der Waals surface area contributed by atoms with Gasteiger partial charge in [-0.3, -0.25) is 9.78 Å². The average Bonchev–Trinajstić information content (AvgIpc) is 2.84. The first-order chi connectivity index (χ1) is 16.2. The molecule has 4 aromatic rings. The molecular formula is C26H21F3N4O. The van der Waals surface area contributed by atoms with Crippen LogP contribution in [0.4, 0.5) is 18.9 Å². The molecule has 172 valence electrons. The Kier molecular flexibility index (Phi) is 6.40. The molecule has 0 spiro atoms. The Labute approximate surface area is 194 Å². The molecule has 0 aliphatic carbocycles. The van der Waals surface area contributed by atoms with Crippen LogP contribution in [0.1, 0.15) is 38.3 Å². The van der Waals surface area contributed by atoms with Gasteiger partial charge in [-0.1, -0.05) is 12.1 Å². The lowest BCUT2D eigenvalue weighted by Crippen LogP contribution is -2.15. The van der Waals surface area contributed by atoms with Crippen molar-refractivity contribution in [2.24, 2.45) is 0 Å². The van der Waals surface area contributed by atoms with Gasteiger partial charge < -0.3 is 5.32 Å². The van der Waals surface area contributed by atoms with E-state index in [0.717, 1.165) is 45.8 Å². The minimum atomic E-state index is -4.52. The molecule has 1 amide bonds. The summed E-state index contributed by atoms with van der Waals surface area (Å²) in [5.41, 5.74) is 4.84. The predicted molar refractivity (Wildman–Crippen MR) is 123 cm³/mol. The number of aryl methyl sites for hydroxylation is 1. The first-order valence-corrected chi connectivity index (χ1v) is 10.5. The highest BCUT2D eigenvalue weighted by Gasteiger charge is 2.31. The Bertz CT molecular complexity index is 1340. The zero-order valence-electron chi connectivity index (χ0n) is 18.5. The number of benzene rings is 2. The first kappa shape index (κ1) is 23.1. The summed E-state index contributed by atoms with van der Waals surface area (Å²) in [7, 11) is 0. The number of halogens is 3. The van der Waals surface area contributed by atoms with Crippen LogP contribution in [-0.2, 0) is 12.6 Å². The second-order valence-electron chi connectivity index (χ2n) is 7.84. The number of carbonyl (C=O) groups is 1. The Balaban J connectivity index is 1.64. The van der Waals surface area contributed by atoms with Gasteiger partial charge in [0.05, 0.1) is 17.0 Å². The van der Waals surface area contributed by atoms with Crippen LogP contribution >= 0.6 is 0 Å². The number of aromatic nitrogens is 3. The van der Waals surface area contributed by atoms with Crippen molar-refractivity contribution in [3.8, 4) is 11.3 Å². The summed E-state index contributed by atoms with van der Waals surface area (Å²) in [6.07, 6.45) is 0.828. The zero-order chi connectivity index (χ0) is 24.3. The minimum Gasteiger partial charge on any atom is -0.322 e. The van der Waals surface area contributed by atoms with E-state index >= 15 is 0 Å². The summed E-state index contributed by atoms with van der Waals surface area (Å²) in [6.45, 7) is 3.84. The highest BCUT2D eigenvalue weighted by Crippen LogP contribution is 2.31. The number of hydrogen-bond acceptors (Lipinski definition) is 4. The molecule has 1 N–H and O–H groups in total. The molecule has 2 aromatic heterocycles. The van der Waals surface area contributed by atoms with Crippen LogP contribution in [0.15, 0.2) is 73.3 Å². The average molecular weight is 462 g/mol. The Morgan fingerprint density at radius 1 is 0.971 bits per heavy atom. The van der Waals surface area contributed by atoms with Gasteiger partial charge >= 0.3 is 6.18 Å². The maximum absolute atomic E-state index is 13.0. The molecule has 2 heterocycles. The van der Waals surface area contributed by atoms with Gasteiger partial charge in [0.15, 0.2) is 0 Å². The maximum atomic E-state index is 13.0. The summed E-state index contributed by atoms with van der Waals surface area (Å²) >= 11 is 0. The van der Waals surface area contributed by atoms with Gasteiger partial charge in [0.2, 0.25) is 0 Å². The third kappa shape index (κ3) is 4.96. The van der Waals surface area contributed by atoms with Crippen molar-refractivity contribution in [2.75, 3.05) is 5.32 Å². The SMILES string of the molecule is Cc1ccc(NC(=O)c2cccc(C(F)(F)F)c2)c(C)c1Cc1ncccc1-c1ccncn1. The minimum absolute atomic E-state index is 0.0628. The van der Waals surface area contributed by atoms with Crippen LogP contribution in [-0.4, -0.2) is 20.9 Å². The molecule has 0 fully saturated rings. The first-order valence-electron chi connectivity index (χ1n) is 10.5. The molecule has 0 atom stereocenters. The molecular weight excluding hydrogens is 441 g/mol. The fourth-order valence-electron chi connectivity index (χ4n) is 3.76. The van der Waals surface area contributed by atoms with E-state index in [0.29, 0.717) is 12.1 Å². The number of nitrogens with zero attached hydrogens (tertiary/aromatic N) is 3. The molecule has 0 aliphatic heterocycles. The van der Waals surface area contributed by atoms with Gasteiger partial charge in [0.1, 0.15) is 6.33 Å². The lowest BCUT2D eigenvalue weighted by atomic mass is 9.94. The number of carbonyl (C=O) groups excluding carboxylic acids is 1. The highest BCUT2D eigenvalue weighted by molar-refractivity contribution is 6.04. The lowest BCUT2D eigenvalue weighted by Gasteiger charge is -2.17. The Hall–Kier alpha value is -4.07. The van der Waals surface area contributed by atoms with E-state index < -0.39 is 17.6 Å². The van der Waals surface area contributed by atoms with Crippen molar-refractivity contribution < 1.29 is 18.0 Å². The predicted octanol–water partition coefficient (Wildman–Crippen LogP) is 6.02. The number of alkyl halides is 3. The molecule has 2 aromatic carbocycles. The highest BCUT2D eigenvalue weighted by atomic mass is 19.4. The van der Waals surface area contributed by atoms with Gasteiger partial charge in [0, 0.05) is 35.6 Å². The number of amides is 1. The normalized spacial score (nSPS) is 11.3. The van der Waals surface area contributed by atoms with Crippen molar-refractivity contribution in [2.45, 2.75) is 26.4 Å². The van der Waals surface area contributed by atoms with Crippen molar-refractivity contribution in [3.05, 3.63) is 107 Å². The number of pyridine rings is 1. The van der Waals surface area contributed by atoms with Gasteiger partial charge in [-0.2, -0.15) is 13.2 Å². The van der Waals surface area contributed by atoms with Crippen LogP contribution in [0.5, 0.6) is 0 Å². The van der Waals surface area contributed by atoms with E-state index in [2.05, 4.69) is 20.3 Å². The van der Waals surface area contributed by atoms with Crippen LogP contribution in [0.2, 0.25) is 0 Å². The third-order valence-corrected chi connectivity index (χ3v) is 5.63. The van der Waals surface area contributed by atoms with Crippen LogP contribution in [0.25, 0.3) is 11.3 Å². The van der Waals surface area contributed by atoms with Crippen molar-refractivity contribution >= 4 is 11.6 Å². The Morgan fingerprint density at radius 2 is 1.79 bits per heavy atom. The van der Waals surface area contributed by atoms with Crippen molar-refractivity contribution in [3.63, 3.8) is 0 Å². The van der Waals surface area contributed by atoms with Crippen LogP contribution in [0.3, 0.4) is 0 Å². The second kappa shape index (κ2) is 9.43. The number of nitrogens with one attached hydrogen (secondary N) is 1. The van der Waals surface area contributed by atoms with E-state index in [1.165, 1.54) is 18.5 Å². The smallest absolute Gasteiger partial charge is 0.322 e. The molecule has 5 nitrogen and oxygen atoms in total. The topological polar surface area (TPSA) is 67.8 Å². The molecule has 8 heteroatoms. The quantitative estimate of drug-likeness (QED) is 0.394. The van der Waals surface area contributed by atoms with Crippen LogP contribution < -0.4 is 5.32 Å². The molecule has 0 unspecified atom stereocenters. The summed E-state index contributed by atoms with van der Waals surface area (Å²) in [4.78, 5) is 25.6. The molecule has 0 bridgehead atoms. The molecule has 0 radical (unpaired) electrons. The van der Waals surface area contributed by atoms with Crippen molar-refractivity contribution in [1.29, 1.82) is 0 Å². The van der Waals surface area contributed by atoms with E-state index in [4.69, 9.17) is 0 Å². The summed E-state index contributed by atoms with van der Waals surface area (Å²) in [5.74, 6) is -0.608. The number of anilines is 1. The molecule has 0 aliphatic rings. The summed E-state index contributed by atoms with van der Waals surface area (Å²) in [6, 6.07) is 13.6. The van der Waals surface area contributed by atoms with Gasteiger partial charge in [-0.05, 0) is 73.0 Å². The van der Waals surface area contributed by atoms with E-state index in [1.807, 2.05) is 38.1 Å². The van der Waals surface area contributed by atoms with Gasteiger partial charge in [0.25, 0.3) is 5.91 Å². The van der Waals surface area contributed by atoms with E-state index in [-0.39, 0.29) is 5.56 Å². The Morgan fingerprint density at radius 3 is 2.53 bits per heavy atom. The second-order valence-corrected chi connectivity index (χ2v) is 7.84. The van der Waals surface area contributed by atoms with Gasteiger partial charge in [-0.25, -0.2) is 9.97 Å². The maximum Gasteiger partial charge on any atom is 0.416 e. The number of rotatable bonds is 5.